The van der Waals surface area contributed by atoms with Gasteiger partial charge in [-0.3, -0.25) is 0 Å². The molecule has 0 aromatic rings. The molecule has 0 radical (unpaired) electrons. The van der Waals surface area contributed by atoms with Crippen LogP contribution in [0.2, 0.25) is 0 Å². The molecule has 2 N–H and O–H groups in total. The van der Waals surface area contributed by atoms with Gasteiger partial charge in [0.05, 0.1) is 13.2 Å². The molecule has 1 aliphatic heterocycles. The average Bonchev–Trinajstić information content (AvgIpc) is 2.61. The van der Waals surface area contributed by atoms with E-state index in [9.17, 15) is 10.2 Å². The first-order chi connectivity index (χ1) is 12.2. The topological polar surface area (TPSA) is 58.9 Å². The lowest BCUT2D eigenvalue weighted by Crippen LogP contribution is -2.46. The molecule has 0 aliphatic carbocycles. The second kappa shape index (κ2) is 14.5. The van der Waals surface area contributed by atoms with Crippen LogP contribution in [0, 0.1) is 0 Å². The van der Waals surface area contributed by atoms with E-state index in [4.69, 9.17) is 9.47 Å². The van der Waals surface area contributed by atoms with E-state index in [1.165, 1.54) is 51.4 Å². The van der Waals surface area contributed by atoms with Gasteiger partial charge >= 0.3 is 0 Å². The third kappa shape index (κ3) is 12.3. The van der Waals surface area contributed by atoms with Crippen LogP contribution in [0.25, 0.3) is 0 Å². The molecule has 25 heavy (non-hydrogen) atoms. The summed E-state index contributed by atoms with van der Waals surface area (Å²) < 4.78 is 10.3. The van der Waals surface area contributed by atoms with Gasteiger partial charge < -0.3 is 19.7 Å². The minimum atomic E-state index is -1.48. The maximum atomic E-state index is 10.0. The summed E-state index contributed by atoms with van der Waals surface area (Å²) in [7, 11) is 0. The number of ether oxygens (including phenoxy) is 2. The third-order valence-corrected chi connectivity index (χ3v) is 4.47. The zero-order valence-corrected chi connectivity index (χ0v) is 16.0. The molecule has 0 aromatic heterocycles. The lowest BCUT2D eigenvalue weighted by atomic mass is 10.1. The Bertz CT molecular complexity index is 357. The van der Waals surface area contributed by atoms with Crippen LogP contribution in [0.5, 0.6) is 0 Å². The van der Waals surface area contributed by atoms with E-state index in [0.717, 1.165) is 19.3 Å². The second-order valence-corrected chi connectivity index (χ2v) is 7.00. The highest BCUT2D eigenvalue weighted by molar-refractivity contribution is 5.02. The molecule has 1 aliphatic rings. The van der Waals surface area contributed by atoms with Crippen LogP contribution < -0.4 is 0 Å². The number of hydrogen-bond donors (Lipinski definition) is 2. The van der Waals surface area contributed by atoms with Gasteiger partial charge in [-0.2, -0.15) is 0 Å². The summed E-state index contributed by atoms with van der Waals surface area (Å²) in [4.78, 5) is 0. The molecular weight excluding hydrogens is 316 g/mol. The van der Waals surface area contributed by atoms with Crippen LogP contribution in [-0.2, 0) is 9.47 Å². The Hall–Kier alpha value is -0.680. The van der Waals surface area contributed by atoms with E-state index in [0.29, 0.717) is 6.42 Å². The van der Waals surface area contributed by atoms with Crippen molar-refractivity contribution >= 4 is 0 Å². The van der Waals surface area contributed by atoms with Crippen molar-refractivity contribution in [2.75, 3.05) is 13.2 Å². The second-order valence-electron chi connectivity index (χ2n) is 7.00. The fraction of sp³-hybridized carbons (Fsp3) is 0.810. The Labute approximate surface area is 153 Å². The summed E-state index contributed by atoms with van der Waals surface area (Å²) in [5.74, 6) is -1.48. The smallest absolute Gasteiger partial charge is 0.280 e. The number of aliphatic hydroxyl groups is 2. The SMILES string of the molecule is CCCCCC/C=C/C=C\CCCCCCCC1(O)OCC(O)CO1. The first kappa shape index (κ1) is 22.4. The van der Waals surface area contributed by atoms with Gasteiger partial charge in [-0.15, -0.1) is 0 Å². The summed E-state index contributed by atoms with van der Waals surface area (Å²) in [6, 6.07) is 0. The molecule has 4 heteroatoms. The standard InChI is InChI=1S/C21H38O4/c1-2-3-4-5-6-7-8-9-10-11-12-13-14-15-16-17-21(23)24-18-20(22)19-25-21/h7-10,20,22-23H,2-6,11-19H2,1H3/b8-7+,10-9-. The first-order valence-electron chi connectivity index (χ1n) is 10.2. The van der Waals surface area contributed by atoms with Gasteiger partial charge in [0, 0.05) is 6.42 Å². The molecule has 0 spiro atoms. The summed E-state index contributed by atoms with van der Waals surface area (Å²) >= 11 is 0. The van der Waals surface area contributed by atoms with Gasteiger partial charge in [0.25, 0.3) is 5.97 Å². The van der Waals surface area contributed by atoms with Crippen LogP contribution in [0.3, 0.4) is 0 Å². The van der Waals surface area contributed by atoms with Crippen molar-refractivity contribution in [3.8, 4) is 0 Å². The molecule has 0 amide bonds. The fourth-order valence-electron chi connectivity index (χ4n) is 2.87. The van der Waals surface area contributed by atoms with E-state index in [1.807, 2.05) is 0 Å². The highest BCUT2D eigenvalue weighted by atomic mass is 16.8. The van der Waals surface area contributed by atoms with E-state index in [-0.39, 0.29) is 13.2 Å². The van der Waals surface area contributed by atoms with Gasteiger partial charge in [-0.1, -0.05) is 69.8 Å². The number of aliphatic hydroxyl groups excluding tert-OH is 1. The summed E-state index contributed by atoms with van der Waals surface area (Å²) in [5, 5.41) is 19.3. The maximum absolute atomic E-state index is 10.0. The van der Waals surface area contributed by atoms with Gasteiger partial charge in [0.2, 0.25) is 0 Å². The molecule has 0 atom stereocenters. The zero-order valence-electron chi connectivity index (χ0n) is 16.0. The molecule has 1 saturated heterocycles. The normalized spacial score (nSPS) is 24.5. The maximum Gasteiger partial charge on any atom is 0.280 e. The predicted octanol–water partition coefficient (Wildman–Crippen LogP) is 4.85. The summed E-state index contributed by atoms with van der Waals surface area (Å²) in [6.45, 7) is 2.54. The molecule has 0 bridgehead atoms. The lowest BCUT2D eigenvalue weighted by molar-refractivity contribution is -0.397. The van der Waals surface area contributed by atoms with Crippen LogP contribution in [-0.4, -0.2) is 35.5 Å². The van der Waals surface area contributed by atoms with E-state index in [1.54, 1.807) is 0 Å². The summed E-state index contributed by atoms with van der Waals surface area (Å²) in [5.41, 5.74) is 0. The highest BCUT2D eigenvalue weighted by Crippen LogP contribution is 2.23. The predicted molar refractivity (Wildman–Crippen MR) is 102 cm³/mol. The number of hydrogen-bond acceptors (Lipinski definition) is 4. The summed E-state index contributed by atoms with van der Waals surface area (Å²) in [6.07, 6.45) is 21.9. The van der Waals surface area contributed by atoms with Gasteiger partial charge in [0.15, 0.2) is 0 Å². The Kier molecular flexibility index (Phi) is 13.0. The molecule has 1 rings (SSSR count). The van der Waals surface area contributed by atoms with Crippen molar-refractivity contribution in [3.05, 3.63) is 24.3 Å². The Morgan fingerprint density at radius 1 is 0.840 bits per heavy atom. The number of unbranched alkanes of at least 4 members (excludes halogenated alkanes) is 9. The molecule has 0 unspecified atom stereocenters. The average molecular weight is 355 g/mol. The largest absolute Gasteiger partial charge is 0.388 e. The molecule has 1 fully saturated rings. The Balaban J connectivity index is 1.87. The van der Waals surface area contributed by atoms with Gasteiger partial charge in [0.1, 0.15) is 6.10 Å². The minimum Gasteiger partial charge on any atom is -0.388 e. The fourth-order valence-corrected chi connectivity index (χ4v) is 2.87. The van der Waals surface area contributed by atoms with E-state index >= 15 is 0 Å². The van der Waals surface area contributed by atoms with Gasteiger partial charge in [-0.05, 0) is 32.1 Å². The Morgan fingerprint density at radius 2 is 1.36 bits per heavy atom. The van der Waals surface area contributed by atoms with Crippen LogP contribution >= 0.6 is 0 Å². The molecule has 0 aromatic carbocycles. The zero-order chi connectivity index (χ0) is 18.2. The van der Waals surface area contributed by atoms with Crippen LogP contribution in [0.15, 0.2) is 24.3 Å². The van der Waals surface area contributed by atoms with Crippen molar-refractivity contribution in [2.45, 2.75) is 96.1 Å². The molecule has 4 nitrogen and oxygen atoms in total. The molecule has 0 saturated carbocycles. The van der Waals surface area contributed by atoms with E-state index in [2.05, 4.69) is 31.2 Å². The van der Waals surface area contributed by atoms with Crippen molar-refractivity contribution in [1.29, 1.82) is 0 Å². The van der Waals surface area contributed by atoms with Crippen LogP contribution in [0.1, 0.15) is 84.0 Å². The monoisotopic (exact) mass is 354 g/mol. The van der Waals surface area contributed by atoms with Gasteiger partial charge in [-0.25, -0.2) is 0 Å². The third-order valence-electron chi connectivity index (χ3n) is 4.47. The van der Waals surface area contributed by atoms with E-state index < -0.39 is 12.1 Å². The molecular formula is C21H38O4. The number of rotatable bonds is 14. The van der Waals surface area contributed by atoms with Crippen molar-refractivity contribution in [3.63, 3.8) is 0 Å². The van der Waals surface area contributed by atoms with Crippen molar-refractivity contribution in [1.82, 2.24) is 0 Å². The lowest BCUT2D eigenvalue weighted by Gasteiger charge is -2.34. The minimum absolute atomic E-state index is 0.149. The molecule has 146 valence electrons. The Morgan fingerprint density at radius 3 is 1.96 bits per heavy atom. The first-order valence-corrected chi connectivity index (χ1v) is 10.2. The highest BCUT2D eigenvalue weighted by Gasteiger charge is 2.34. The van der Waals surface area contributed by atoms with Crippen molar-refractivity contribution < 1.29 is 19.7 Å². The van der Waals surface area contributed by atoms with Crippen molar-refractivity contribution in [2.24, 2.45) is 0 Å². The quantitative estimate of drug-likeness (QED) is 0.346. The van der Waals surface area contributed by atoms with Crippen LogP contribution in [0.4, 0.5) is 0 Å². The molecule has 1 heterocycles. The number of allylic oxidation sites excluding steroid dienone is 4.